The van der Waals surface area contributed by atoms with Gasteiger partial charge in [-0.05, 0) is 42.8 Å². The van der Waals surface area contributed by atoms with Gasteiger partial charge in [0.05, 0.1) is 0 Å². The molecule has 1 aromatic rings. The van der Waals surface area contributed by atoms with Gasteiger partial charge in [-0.15, -0.1) is 0 Å². The Labute approximate surface area is 119 Å². The normalized spacial score (nSPS) is 11.3. The van der Waals surface area contributed by atoms with Crippen molar-refractivity contribution < 1.29 is 0 Å². The van der Waals surface area contributed by atoms with E-state index in [4.69, 9.17) is 0 Å². The Hall–Kier alpha value is -0.610. The van der Waals surface area contributed by atoms with Crippen LogP contribution in [0.2, 0.25) is 0 Å². The number of nitrogens with zero attached hydrogens (tertiary/aromatic N) is 2. The van der Waals surface area contributed by atoms with E-state index < -0.39 is 0 Å². The second-order valence-electron chi connectivity index (χ2n) is 5.05. The molecule has 0 aromatic carbocycles. The van der Waals surface area contributed by atoms with Crippen molar-refractivity contribution in [2.75, 3.05) is 11.4 Å². The minimum absolute atomic E-state index is 0.460. The molecule has 0 fully saturated rings. The van der Waals surface area contributed by atoms with Crippen LogP contribution in [0.3, 0.4) is 0 Å². The first-order valence-electron chi connectivity index (χ1n) is 6.60. The number of nitrogens with one attached hydrogen (secondary N) is 1. The topological polar surface area (TPSA) is 28.2 Å². The van der Waals surface area contributed by atoms with Gasteiger partial charge in [0.2, 0.25) is 0 Å². The average Bonchev–Trinajstić information content (AvgIpc) is 2.29. The predicted molar refractivity (Wildman–Crippen MR) is 82.1 cm³/mol. The van der Waals surface area contributed by atoms with Crippen molar-refractivity contribution in [3.8, 4) is 0 Å². The summed E-state index contributed by atoms with van der Waals surface area (Å²) in [4.78, 5) is 6.91. The van der Waals surface area contributed by atoms with Gasteiger partial charge in [-0.1, -0.05) is 13.8 Å². The molecule has 0 saturated heterocycles. The van der Waals surface area contributed by atoms with E-state index in [1.54, 1.807) is 0 Å². The summed E-state index contributed by atoms with van der Waals surface area (Å²) in [6.45, 7) is 12.7. The van der Waals surface area contributed by atoms with Crippen LogP contribution in [0.1, 0.15) is 40.2 Å². The standard InChI is InChI=1S/C14H24BrN3/c1-6-18(11(4)5)14-12(8-16-10(2)3)7-13(15)9-17-14/h7,9-11,16H,6,8H2,1-5H3. The van der Waals surface area contributed by atoms with Gasteiger partial charge in [-0.2, -0.15) is 0 Å². The summed E-state index contributed by atoms with van der Waals surface area (Å²) in [7, 11) is 0. The molecular weight excluding hydrogens is 290 g/mol. The zero-order valence-electron chi connectivity index (χ0n) is 12.0. The summed E-state index contributed by atoms with van der Waals surface area (Å²) in [5, 5.41) is 3.46. The molecule has 1 heterocycles. The smallest absolute Gasteiger partial charge is 0.133 e. The summed E-state index contributed by atoms with van der Waals surface area (Å²) in [5.74, 6) is 1.09. The molecule has 0 radical (unpaired) electrons. The fourth-order valence-corrected chi connectivity index (χ4v) is 2.31. The number of anilines is 1. The second-order valence-corrected chi connectivity index (χ2v) is 5.97. The van der Waals surface area contributed by atoms with E-state index >= 15 is 0 Å². The number of aromatic nitrogens is 1. The van der Waals surface area contributed by atoms with Crippen LogP contribution < -0.4 is 10.2 Å². The van der Waals surface area contributed by atoms with Crippen molar-refractivity contribution in [3.05, 3.63) is 22.3 Å². The first-order chi connectivity index (χ1) is 8.45. The lowest BCUT2D eigenvalue weighted by Gasteiger charge is -2.28. The van der Waals surface area contributed by atoms with E-state index in [1.165, 1.54) is 5.56 Å². The molecule has 0 aliphatic heterocycles. The third-order valence-corrected chi connectivity index (χ3v) is 3.28. The van der Waals surface area contributed by atoms with Crippen LogP contribution in [0.4, 0.5) is 5.82 Å². The average molecular weight is 314 g/mol. The zero-order valence-corrected chi connectivity index (χ0v) is 13.6. The summed E-state index contributed by atoms with van der Waals surface area (Å²) in [6, 6.07) is 3.09. The largest absolute Gasteiger partial charge is 0.354 e. The number of halogens is 1. The van der Waals surface area contributed by atoms with E-state index in [0.29, 0.717) is 12.1 Å². The van der Waals surface area contributed by atoms with Gasteiger partial charge in [0, 0.05) is 41.4 Å². The molecule has 1 aromatic heterocycles. The number of rotatable bonds is 6. The molecule has 4 heteroatoms. The maximum absolute atomic E-state index is 4.59. The molecule has 0 atom stereocenters. The van der Waals surface area contributed by atoms with Crippen LogP contribution in [-0.4, -0.2) is 23.6 Å². The lowest BCUT2D eigenvalue weighted by molar-refractivity contribution is 0.584. The van der Waals surface area contributed by atoms with Crippen LogP contribution >= 0.6 is 15.9 Å². The monoisotopic (exact) mass is 313 g/mol. The molecule has 0 saturated carbocycles. The molecule has 102 valence electrons. The Kier molecular flexibility index (Phi) is 6.09. The highest BCUT2D eigenvalue weighted by molar-refractivity contribution is 9.10. The van der Waals surface area contributed by atoms with Crippen molar-refractivity contribution >= 4 is 21.7 Å². The molecule has 0 spiro atoms. The minimum atomic E-state index is 0.460. The number of hydrogen-bond donors (Lipinski definition) is 1. The van der Waals surface area contributed by atoms with Gasteiger partial charge in [0.15, 0.2) is 0 Å². The van der Waals surface area contributed by atoms with Crippen molar-refractivity contribution in [3.63, 3.8) is 0 Å². The lowest BCUT2D eigenvalue weighted by Crippen LogP contribution is -2.33. The van der Waals surface area contributed by atoms with Crippen LogP contribution in [0.5, 0.6) is 0 Å². The fourth-order valence-electron chi connectivity index (χ4n) is 1.94. The van der Waals surface area contributed by atoms with Crippen LogP contribution in [0, 0.1) is 0 Å². The zero-order chi connectivity index (χ0) is 13.7. The van der Waals surface area contributed by atoms with Gasteiger partial charge in [0.25, 0.3) is 0 Å². The first kappa shape index (κ1) is 15.4. The Balaban J connectivity index is 3.01. The van der Waals surface area contributed by atoms with Gasteiger partial charge >= 0.3 is 0 Å². The molecule has 0 unspecified atom stereocenters. The van der Waals surface area contributed by atoms with E-state index in [-0.39, 0.29) is 0 Å². The third kappa shape index (κ3) is 4.25. The highest BCUT2D eigenvalue weighted by Crippen LogP contribution is 2.23. The summed E-state index contributed by atoms with van der Waals surface area (Å²) >= 11 is 3.50. The fraction of sp³-hybridized carbons (Fsp3) is 0.643. The summed E-state index contributed by atoms with van der Waals surface area (Å²) in [5.41, 5.74) is 1.24. The Morgan fingerprint density at radius 1 is 1.33 bits per heavy atom. The molecule has 1 N–H and O–H groups in total. The van der Waals surface area contributed by atoms with E-state index in [9.17, 15) is 0 Å². The maximum atomic E-state index is 4.59. The Bertz CT molecular complexity index is 377. The van der Waals surface area contributed by atoms with Crippen molar-refractivity contribution in [1.82, 2.24) is 10.3 Å². The summed E-state index contributed by atoms with van der Waals surface area (Å²) in [6.07, 6.45) is 1.87. The highest BCUT2D eigenvalue weighted by Gasteiger charge is 2.14. The van der Waals surface area contributed by atoms with Gasteiger partial charge in [0.1, 0.15) is 5.82 Å². The van der Waals surface area contributed by atoms with Gasteiger partial charge in [-0.25, -0.2) is 4.98 Å². The molecule has 1 rings (SSSR count). The van der Waals surface area contributed by atoms with Crippen LogP contribution in [-0.2, 0) is 6.54 Å². The molecule has 18 heavy (non-hydrogen) atoms. The number of pyridine rings is 1. The summed E-state index contributed by atoms with van der Waals surface area (Å²) < 4.78 is 1.03. The quantitative estimate of drug-likeness (QED) is 0.870. The van der Waals surface area contributed by atoms with Crippen LogP contribution in [0.25, 0.3) is 0 Å². The number of hydrogen-bond acceptors (Lipinski definition) is 3. The second kappa shape index (κ2) is 7.10. The Morgan fingerprint density at radius 2 is 2.00 bits per heavy atom. The van der Waals surface area contributed by atoms with E-state index in [1.807, 2.05) is 6.20 Å². The Morgan fingerprint density at radius 3 is 2.50 bits per heavy atom. The van der Waals surface area contributed by atoms with Gasteiger partial charge < -0.3 is 10.2 Å². The molecular formula is C14H24BrN3. The molecule has 0 bridgehead atoms. The third-order valence-electron chi connectivity index (χ3n) is 2.85. The van der Waals surface area contributed by atoms with Crippen LogP contribution in [0.15, 0.2) is 16.7 Å². The first-order valence-corrected chi connectivity index (χ1v) is 7.39. The molecule has 0 amide bonds. The molecule has 0 aliphatic carbocycles. The molecule has 3 nitrogen and oxygen atoms in total. The van der Waals surface area contributed by atoms with Gasteiger partial charge in [-0.3, -0.25) is 0 Å². The van der Waals surface area contributed by atoms with Crippen molar-refractivity contribution in [2.45, 2.75) is 53.2 Å². The SMILES string of the molecule is CCN(c1ncc(Br)cc1CNC(C)C)C(C)C. The van der Waals surface area contributed by atoms with Crippen molar-refractivity contribution in [1.29, 1.82) is 0 Å². The lowest BCUT2D eigenvalue weighted by atomic mass is 10.2. The molecule has 0 aliphatic rings. The van der Waals surface area contributed by atoms with E-state index in [2.05, 4.69) is 71.8 Å². The minimum Gasteiger partial charge on any atom is -0.354 e. The van der Waals surface area contributed by atoms with Crippen molar-refractivity contribution in [2.24, 2.45) is 0 Å². The highest BCUT2D eigenvalue weighted by atomic mass is 79.9. The maximum Gasteiger partial charge on any atom is 0.133 e. The predicted octanol–water partition coefficient (Wildman–Crippen LogP) is 3.58. The van der Waals surface area contributed by atoms with E-state index in [0.717, 1.165) is 23.4 Å².